The van der Waals surface area contributed by atoms with Gasteiger partial charge in [-0.15, -0.1) is 0 Å². The van der Waals surface area contributed by atoms with Crippen molar-refractivity contribution in [3.05, 3.63) is 0 Å². The Morgan fingerprint density at radius 3 is 2.44 bits per heavy atom. The number of nitrogens with two attached hydrogens (primary N) is 1. The van der Waals surface area contributed by atoms with Gasteiger partial charge in [0.25, 0.3) is 0 Å². The van der Waals surface area contributed by atoms with Gasteiger partial charge in [0.15, 0.2) is 0 Å². The SMILES string of the molecule is CC(C)CC(=O)N1CC(N)CC(C(C)C)C1. The van der Waals surface area contributed by atoms with Crippen LogP contribution in [0.25, 0.3) is 0 Å². The molecule has 0 aromatic carbocycles. The molecule has 1 heterocycles. The van der Waals surface area contributed by atoms with Crippen molar-refractivity contribution in [3.63, 3.8) is 0 Å². The standard InChI is InChI=1S/C13H26N2O/c1-9(2)5-13(16)15-7-11(10(3)4)6-12(14)8-15/h9-12H,5-8,14H2,1-4H3. The summed E-state index contributed by atoms with van der Waals surface area (Å²) in [4.78, 5) is 14.0. The van der Waals surface area contributed by atoms with Gasteiger partial charge in [0, 0.05) is 25.6 Å². The molecule has 2 unspecified atom stereocenters. The van der Waals surface area contributed by atoms with E-state index in [0.29, 0.717) is 24.2 Å². The number of likely N-dealkylation sites (tertiary alicyclic amines) is 1. The largest absolute Gasteiger partial charge is 0.341 e. The minimum atomic E-state index is 0.164. The van der Waals surface area contributed by atoms with E-state index in [9.17, 15) is 4.79 Å². The number of carbonyl (C=O) groups is 1. The highest BCUT2D eigenvalue weighted by Gasteiger charge is 2.29. The Balaban J connectivity index is 2.56. The molecule has 0 bridgehead atoms. The number of rotatable bonds is 3. The number of hydrogen-bond donors (Lipinski definition) is 1. The summed E-state index contributed by atoms with van der Waals surface area (Å²) < 4.78 is 0. The van der Waals surface area contributed by atoms with Crippen LogP contribution in [0.4, 0.5) is 0 Å². The molecule has 1 rings (SSSR count). The van der Waals surface area contributed by atoms with E-state index in [2.05, 4.69) is 27.7 Å². The third-order valence-corrected chi connectivity index (χ3v) is 3.39. The summed E-state index contributed by atoms with van der Waals surface area (Å²) in [6, 6.07) is 0.164. The van der Waals surface area contributed by atoms with Crippen LogP contribution in [-0.4, -0.2) is 29.9 Å². The minimum Gasteiger partial charge on any atom is -0.341 e. The Morgan fingerprint density at radius 2 is 1.94 bits per heavy atom. The van der Waals surface area contributed by atoms with Crippen molar-refractivity contribution in [2.45, 2.75) is 46.6 Å². The number of hydrogen-bond acceptors (Lipinski definition) is 2. The lowest BCUT2D eigenvalue weighted by Gasteiger charge is -2.38. The number of piperidine rings is 1. The van der Waals surface area contributed by atoms with Gasteiger partial charge in [0.05, 0.1) is 0 Å². The van der Waals surface area contributed by atoms with E-state index >= 15 is 0 Å². The zero-order chi connectivity index (χ0) is 12.3. The van der Waals surface area contributed by atoms with Crippen LogP contribution in [0.2, 0.25) is 0 Å². The molecule has 3 nitrogen and oxygen atoms in total. The molecule has 1 saturated heterocycles. The van der Waals surface area contributed by atoms with E-state index < -0.39 is 0 Å². The predicted octanol–water partition coefficient (Wildman–Crippen LogP) is 1.86. The smallest absolute Gasteiger partial charge is 0.222 e. The maximum absolute atomic E-state index is 12.0. The second-order valence-electron chi connectivity index (χ2n) is 5.90. The van der Waals surface area contributed by atoms with Crippen LogP contribution < -0.4 is 5.73 Å². The van der Waals surface area contributed by atoms with Gasteiger partial charge in [0.1, 0.15) is 0 Å². The van der Waals surface area contributed by atoms with E-state index in [1.165, 1.54) is 0 Å². The van der Waals surface area contributed by atoms with Crippen molar-refractivity contribution in [2.24, 2.45) is 23.5 Å². The van der Waals surface area contributed by atoms with Crippen LogP contribution in [0.5, 0.6) is 0 Å². The zero-order valence-electron chi connectivity index (χ0n) is 11.1. The number of carbonyl (C=O) groups excluding carboxylic acids is 1. The van der Waals surface area contributed by atoms with Gasteiger partial charge in [-0.1, -0.05) is 27.7 Å². The summed E-state index contributed by atoms with van der Waals surface area (Å²) in [5.41, 5.74) is 6.03. The lowest BCUT2D eigenvalue weighted by molar-refractivity contribution is -0.134. The quantitative estimate of drug-likeness (QED) is 0.798. The van der Waals surface area contributed by atoms with Gasteiger partial charge in [0.2, 0.25) is 5.91 Å². The highest BCUT2D eigenvalue weighted by Crippen LogP contribution is 2.23. The Hall–Kier alpha value is -0.570. The van der Waals surface area contributed by atoms with E-state index in [0.717, 1.165) is 19.5 Å². The molecule has 0 spiro atoms. The molecule has 2 atom stereocenters. The molecule has 16 heavy (non-hydrogen) atoms. The first-order valence-corrected chi connectivity index (χ1v) is 6.43. The Morgan fingerprint density at radius 1 is 1.31 bits per heavy atom. The van der Waals surface area contributed by atoms with E-state index in [-0.39, 0.29) is 11.9 Å². The first-order chi connectivity index (χ1) is 7.40. The number of amides is 1. The van der Waals surface area contributed by atoms with Gasteiger partial charge in [-0.3, -0.25) is 4.79 Å². The first kappa shape index (κ1) is 13.5. The lowest BCUT2D eigenvalue weighted by atomic mass is 9.85. The van der Waals surface area contributed by atoms with Crippen LogP contribution in [-0.2, 0) is 4.79 Å². The van der Waals surface area contributed by atoms with Gasteiger partial charge in [-0.25, -0.2) is 0 Å². The van der Waals surface area contributed by atoms with Crippen LogP contribution in [0.3, 0.4) is 0 Å². The molecular formula is C13H26N2O. The molecule has 1 amide bonds. The summed E-state index contributed by atoms with van der Waals surface area (Å²) >= 11 is 0. The molecule has 0 saturated carbocycles. The van der Waals surface area contributed by atoms with E-state index in [1.807, 2.05) is 4.90 Å². The molecule has 1 aliphatic rings. The van der Waals surface area contributed by atoms with Crippen molar-refractivity contribution in [3.8, 4) is 0 Å². The Labute approximate surface area is 99.4 Å². The van der Waals surface area contributed by atoms with Crippen LogP contribution in [0.1, 0.15) is 40.5 Å². The molecule has 3 heteroatoms. The Kier molecular flexibility index (Phi) is 4.78. The molecule has 1 aliphatic heterocycles. The highest BCUT2D eigenvalue weighted by atomic mass is 16.2. The third kappa shape index (κ3) is 3.78. The fraction of sp³-hybridized carbons (Fsp3) is 0.923. The zero-order valence-corrected chi connectivity index (χ0v) is 11.1. The fourth-order valence-corrected chi connectivity index (χ4v) is 2.34. The molecule has 0 aromatic rings. The Bertz CT molecular complexity index is 238. The predicted molar refractivity (Wildman–Crippen MR) is 67.0 cm³/mol. The van der Waals surface area contributed by atoms with Crippen molar-refractivity contribution in [2.75, 3.05) is 13.1 Å². The van der Waals surface area contributed by atoms with Crippen molar-refractivity contribution in [1.29, 1.82) is 0 Å². The summed E-state index contributed by atoms with van der Waals surface area (Å²) in [7, 11) is 0. The minimum absolute atomic E-state index is 0.164. The first-order valence-electron chi connectivity index (χ1n) is 6.43. The fourth-order valence-electron chi connectivity index (χ4n) is 2.34. The normalized spacial score (nSPS) is 26.6. The van der Waals surface area contributed by atoms with E-state index in [4.69, 9.17) is 5.73 Å². The summed E-state index contributed by atoms with van der Waals surface area (Å²) in [5, 5.41) is 0. The maximum atomic E-state index is 12.0. The molecule has 1 fully saturated rings. The lowest BCUT2D eigenvalue weighted by Crippen LogP contribution is -2.50. The summed E-state index contributed by atoms with van der Waals surface area (Å²) in [6.07, 6.45) is 1.71. The average Bonchev–Trinajstić information content (AvgIpc) is 2.15. The van der Waals surface area contributed by atoms with Crippen molar-refractivity contribution >= 4 is 5.91 Å². The van der Waals surface area contributed by atoms with Gasteiger partial charge in [-0.2, -0.15) is 0 Å². The third-order valence-electron chi connectivity index (χ3n) is 3.39. The van der Waals surface area contributed by atoms with Gasteiger partial charge in [-0.05, 0) is 24.2 Å². The second-order valence-corrected chi connectivity index (χ2v) is 5.90. The average molecular weight is 226 g/mol. The van der Waals surface area contributed by atoms with Crippen LogP contribution >= 0.6 is 0 Å². The summed E-state index contributed by atoms with van der Waals surface area (Å²) in [5.74, 6) is 1.89. The second kappa shape index (κ2) is 5.67. The topological polar surface area (TPSA) is 46.3 Å². The monoisotopic (exact) mass is 226 g/mol. The van der Waals surface area contributed by atoms with Gasteiger partial charge >= 0.3 is 0 Å². The molecule has 0 radical (unpaired) electrons. The van der Waals surface area contributed by atoms with Crippen molar-refractivity contribution in [1.82, 2.24) is 4.90 Å². The molecular weight excluding hydrogens is 200 g/mol. The van der Waals surface area contributed by atoms with Crippen molar-refractivity contribution < 1.29 is 4.79 Å². The highest BCUT2D eigenvalue weighted by molar-refractivity contribution is 5.76. The molecule has 2 N–H and O–H groups in total. The van der Waals surface area contributed by atoms with Crippen LogP contribution in [0, 0.1) is 17.8 Å². The van der Waals surface area contributed by atoms with E-state index in [1.54, 1.807) is 0 Å². The van der Waals surface area contributed by atoms with Gasteiger partial charge < -0.3 is 10.6 Å². The summed E-state index contributed by atoms with van der Waals surface area (Å²) in [6.45, 7) is 10.2. The number of nitrogens with zero attached hydrogens (tertiary/aromatic N) is 1. The van der Waals surface area contributed by atoms with Crippen LogP contribution in [0.15, 0.2) is 0 Å². The molecule has 94 valence electrons. The molecule has 0 aromatic heterocycles. The maximum Gasteiger partial charge on any atom is 0.222 e. The molecule has 0 aliphatic carbocycles.